The first-order valence-corrected chi connectivity index (χ1v) is 4.06. The minimum Gasteiger partial charge on any atom is -0.465 e. The summed E-state index contributed by atoms with van der Waals surface area (Å²) in [5.74, 6) is -0.610. The molecule has 0 N–H and O–H groups in total. The Hall–Kier alpha value is -1.56. The van der Waals surface area contributed by atoms with Crippen molar-refractivity contribution in [2.24, 2.45) is 0 Å². The molecule has 0 unspecified atom stereocenters. The Kier molecular flexibility index (Phi) is 3.08. The van der Waals surface area contributed by atoms with Gasteiger partial charge in [-0.1, -0.05) is 0 Å². The van der Waals surface area contributed by atoms with Gasteiger partial charge in [-0.3, -0.25) is 10.1 Å². The van der Waals surface area contributed by atoms with E-state index in [1.165, 1.54) is 19.2 Å². The molecule has 14 heavy (non-hydrogen) atoms. The van der Waals surface area contributed by atoms with Crippen LogP contribution in [0.4, 0.5) is 5.69 Å². The maximum atomic E-state index is 11.0. The number of benzene rings is 1. The van der Waals surface area contributed by atoms with Crippen LogP contribution in [0.3, 0.4) is 0 Å². The number of methoxy groups -OCH3 is 1. The summed E-state index contributed by atoms with van der Waals surface area (Å²) in [5, 5.41) is 10.5. The molecule has 0 radical (unpaired) electrons. The molecule has 0 bridgehead atoms. The average molecular weight is 213 g/mol. The number of hydrogen-bond donors (Lipinski definition) is 1. The zero-order valence-corrected chi connectivity index (χ0v) is 8.15. The predicted octanol–water partition coefficient (Wildman–Crippen LogP) is 1.67. The maximum absolute atomic E-state index is 11.0. The van der Waals surface area contributed by atoms with Crippen molar-refractivity contribution >= 4 is 24.3 Å². The molecule has 0 atom stereocenters. The van der Waals surface area contributed by atoms with Crippen LogP contribution in [0.5, 0.6) is 0 Å². The Morgan fingerprint density at radius 1 is 1.57 bits per heavy atom. The van der Waals surface area contributed by atoms with Gasteiger partial charge in [-0.05, 0) is 12.1 Å². The molecule has 0 aliphatic heterocycles. The number of thiol groups is 1. The van der Waals surface area contributed by atoms with Gasteiger partial charge >= 0.3 is 5.97 Å². The van der Waals surface area contributed by atoms with Crippen molar-refractivity contribution in [2.75, 3.05) is 7.11 Å². The third-order valence-corrected chi connectivity index (χ3v) is 1.97. The summed E-state index contributed by atoms with van der Waals surface area (Å²) >= 11 is 3.89. The fourth-order valence-electron chi connectivity index (χ4n) is 0.914. The molecule has 0 aliphatic carbocycles. The second kappa shape index (κ2) is 4.10. The van der Waals surface area contributed by atoms with Crippen molar-refractivity contribution in [3.63, 3.8) is 0 Å². The van der Waals surface area contributed by atoms with Crippen LogP contribution >= 0.6 is 12.6 Å². The van der Waals surface area contributed by atoms with Gasteiger partial charge in [0.25, 0.3) is 5.69 Å². The Labute approximate surface area is 85.2 Å². The summed E-state index contributed by atoms with van der Waals surface area (Å²) in [4.78, 5) is 21.1. The Morgan fingerprint density at radius 2 is 2.21 bits per heavy atom. The lowest BCUT2D eigenvalue weighted by molar-refractivity contribution is -0.387. The Bertz CT molecular complexity index is 391. The summed E-state index contributed by atoms with van der Waals surface area (Å²) in [6.45, 7) is 0. The van der Waals surface area contributed by atoms with Gasteiger partial charge in [0.2, 0.25) is 0 Å². The number of nitro benzene ring substituents is 1. The second-order valence-corrected chi connectivity index (χ2v) is 2.93. The molecule has 0 saturated heterocycles. The van der Waals surface area contributed by atoms with Crippen molar-refractivity contribution in [1.82, 2.24) is 0 Å². The van der Waals surface area contributed by atoms with Gasteiger partial charge in [0.15, 0.2) is 0 Å². The van der Waals surface area contributed by atoms with E-state index in [0.29, 0.717) is 0 Å². The van der Waals surface area contributed by atoms with Gasteiger partial charge in [0, 0.05) is 6.07 Å². The first-order chi connectivity index (χ1) is 6.56. The quantitative estimate of drug-likeness (QED) is 0.351. The molecule has 0 amide bonds. The molecule has 1 aromatic carbocycles. The standard InChI is InChI=1S/C8H7NO4S/c1-13-8(10)5-2-3-7(14)6(4-5)9(11)12/h2-4,14H,1H3. The zero-order valence-electron chi connectivity index (χ0n) is 7.26. The van der Waals surface area contributed by atoms with Gasteiger partial charge < -0.3 is 4.74 Å². The van der Waals surface area contributed by atoms with Crippen LogP contribution in [-0.4, -0.2) is 18.0 Å². The van der Waals surface area contributed by atoms with Crippen LogP contribution in [0.25, 0.3) is 0 Å². The summed E-state index contributed by atoms with van der Waals surface area (Å²) in [6, 6.07) is 3.93. The fourth-order valence-corrected chi connectivity index (χ4v) is 1.14. The van der Waals surface area contributed by atoms with Gasteiger partial charge in [-0.2, -0.15) is 0 Å². The minimum absolute atomic E-state index is 0.136. The molecule has 0 fully saturated rings. The van der Waals surface area contributed by atoms with E-state index >= 15 is 0 Å². The zero-order chi connectivity index (χ0) is 10.7. The van der Waals surface area contributed by atoms with Crippen molar-refractivity contribution in [3.8, 4) is 0 Å². The highest BCUT2D eigenvalue weighted by Gasteiger charge is 2.15. The van der Waals surface area contributed by atoms with Gasteiger partial charge in [0.1, 0.15) is 0 Å². The smallest absolute Gasteiger partial charge is 0.338 e. The second-order valence-electron chi connectivity index (χ2n) is 2.45. The van der Waals surface area contributed by atoms with E-state index in [-0.39, 0.29) is 16.1 Å². The van der Waals surface area contributed by atoms with Crippen LogP contribution in [0.1, 0.15) is 10.4 Å². The Balaban J connectivity index is 3.19. The summed E-state index contributed by atoms with van der Waals surface area (Å²) in [6.07, 6.45) is 0. The van der Waals surface area contributed by atoms with Crippen molar-refractivity contribution < 1.29 is 14.5 Å². The van der Waals surface area contributed by atoms with Crippen LogP contribution in [0.2, 0.25) is 0 Å². The Morgan fingerprint density at radius 3 is 2.71 bits per heavy atom. The highest BCUT2D eigenvalue weighted by Crippen LogP contribution is 2.23. The van der Waals surface area contributed by atoms with E-state index in [2.05, 4.69) is 17.4 Å². The number of rotatable bonds is 2. The highest BCUT2D eigenvalue weighted by molar-refractivity contribution is 7.80. The van der Waals surface area contributed by atoms with Crippen molar-refractivity contribution in [3.05, 3.63) is 33.9 Å². The lowest BCUT2D eigenvalue weighted by atomic mass is 10.2. The molecular formula is C8H7NO4S. The van der Waals surface area contributed by atoms with Crippen molar-refractivity contribution in [2.45, 2.75) is 4.90 Å². The number of carbonyl (C=O) groups excluding carboxylic acids is 1. The highest BCUT2D eigenvalue weighted by atomic mass is 32.1. The third kappa shape index (κ3) is 2.02. The monoisotopic (exact) mass is 213 g/mol. The first-order valence-electron chi connectivity index (χ1n) is 3.62. The van der Waals surface area contributed by atoms with Gasteiger partial charge in [-0.25, -0.2) is 4.79 Å². The van der Waals surface area contributed by atoms with Crippen LogP contribution in [-0.2, 0) is 4.74 Å². The molecule has 1 aromatic rings. The summed E-state index contributed by atoms with van der Waals surface area (Å²) in [5.41, 5.74) is -0.0757. The number of nitro groups is 1. The van der Waals surface area contributed by atoms with E-state index in [1.807, 2.05) is 0 Å². The van der Waals surface area contributed by atoms with E-state index < -0.39 is 10.9 Å². The molecule has 0 aromatic heterocycles. The predicted molar refractivity (Wildman–Crippen MR) is 51.7 cm³/mol. The number of nitrogens with zero attached hydrogens (tertiary/aromatic N) is 1. The SMILES string of the molecule is COC(=O)c1ccc(S)c([N+](=O)[O-])c1. The van der Waals surface area contributed by atoms with Gasteiger partial charge in [-0.15, -0.1) is 12.6 Å². The van der Waals surface area contributed by atoms with Crippen LogP contribution in [0, 0.1) is 10.1 Å². The number of hydrogen-bond acceptors (Lipinski definition) is 5. The van der Waals surface area contributed by atoms with Crippen LogP contribution in [0.15, 0.2) is 23.1 Å². The van der Waals surface area contributed by atoms with E-state index in [0.717, 1.165) is 6.07 Å². The first kappa shape index (κ1) is 10.5. The third-order valence-electron chi connectivity index (χ3n) is 1.59. The lowest BCUT2D eigenvalue weighted by Gasteiger charge is -2.00. The van der Waals surface area contributed by atoms with E-state index in [4.69, 9.17) is 0 Å². The number of esters is 1. The molecule has 74 valence electrons. The number of ether oxygens (including phenoxy) is 1. The maximum Gasteiger partial charge on any atom is 0.338 e. The molecule has 0 saturated carbocycles. The summed E-state index contributed by atoms with van der Waals surface area (Å²) in [7, 11) is 1.21. The summed E-state index contributed by atoms with van der Waals surface area (Å²) < 4.78 is 4.42. The molecular weight excluding hydrogens is 206 g/mol. The van der Waals surface area contributed by atoms with Gasteiger partial charge in [0.05, 0.1) is 22.5 Å². The average Bonchev–Trinajstić information content (AvgIpc) is 2.17. The van der Waals surface area contributed by atoms with E-state index in [9.17, 15) is 14.9 Å². The topological polar surface area (TPSA) is 69.4 Å². The number of carbonyl (C=O) groups is 1. The van der Waals surface area contributed by atoms with Crippen molar-refractivity contribution in [1.29, 1.82) is 0 Å². The van der Waals surface area contributed by atoms with Crippen LogP contribution < -0.4 is 0 Å². The largest absolute Gasteiger partial charge is 0.465 e. The lowest BCUT2D eigenvalue weighted by Crippen LogP contribution is -2.02. The molecule has 6 heteroatoms. The molecule has 0 heterocycles. The molecule has 0 aliphatic rings. The molecule has 5 nitrogen and oxygen atoms in total. The normalized spacial score (nSPS) is 9.57. The molecule has 1 rings (SSSR count). The fraction of sp³-hybridized carbons (Fsp3) is 0.125. The minimum atomic E-state index is -0.610. The van der Waals surface area contributed by atoms with E-state index in [1.54, 1.807) is 0 Å². The molecule has 0 spiro atoms.